The lowest BCUT2D eigenvalue weighted by atomic mass is 9.93. The highest BCUT2D eigenvalue weighted by Gasteiger charge is 2.59. The van der Waals surface area contributed by atoms with E-state index in [2.05, 4.69) is 15.5 Å². The summed E-state index contributed by atoms with van der Waals surface area (Å²) in [7, 11) is 0. The number of hydrogen-bond acceptors (Lipinski definition) is 4. The van der Waals surface area contributed by atoms with Gasteiger partial charge < -0.3 is 10.2 Å². The first-order valence-corrected chi connectivity index (χ1v) is 10.3. The van der Waals surface area contributed by atoms with E-state index < -0.39 is 0 Å². The number of thioether (sulfide) groups is 1. The molecule has 0 radical (unpaired) electrons. The molecule has 1 aliphatic carbocycles. The van der Waals surface area contributed by atoms with E-state index in [1.165, 1.54) is 0 Å². The molecule has 2 aliphatic rings. The van der Waals surface area contributed by atoms with Gasteiger partial charge in [-0.2, -0.15) is 16.9 Å². The Morgan fingerprint density at radius 2 is 2.20 bits per heavy atom. The third-order valence-electron chi connectivity index (χ3n) is 5.68. The number of amides is 2. The Labute approximate surface area is 153 Å². The van der Waals surface area contributed by atoms with E-state index in [9.17, 15) is 9.59 Å². The first kappa shape index (κ1) is 18.3. The second kappa shape index (κ2) is 6.67. The minimum atomic E-state index is -0.364. The van der Waals surface area contributed by atoms with Crippen LogP contribution < -0.4 is 5.32 Å². The topological polar surface area (TPSA) is 78.1 Å². The Kier molecular flexibility index (Phi) is 4.88. The molecule has 1 atom stereocenters. The number of aromatic nitrogens is 2. The maximum Gasteiger partial charge on any atom is 0.272 e. The summed E-state index contributed by atoms with van der Waals surface area (Å²) in [6, 6.07) is 0. The molecule has 1 aromatic heterocycles. The van der Waals surface area contributed by atoms with Gasteiger partial charge in [-0.3, -0.25) is 14.7 Å². The predicted molar refractivity (Wildman–Crippen MR) is 99.6 cm³/mol. The second-order valence-corrected chi connectivity index (χ2v) is 8.87. The van der Waals surface area contributed by atoms with Gasteiger partial charge in [0.15, 0.2) is 0 Å². The van der Waals surface area contributed by atoms with Crippen LogP contribution in [0.5, 0.6) is 0 Å². The number of carbonyl (C=O) groups excluding carboxylic acids is 2. The summed E-state index contributed by atoms with van der Waals surface area (Å²) in [4.78, 5) is 27.4. The fourth-order valence-electron chi connectivity index (χ4n) is 3.98. The molecule has 25 heavy (non-hydrogen) atoms. The van der Waals surface area contributed by atoms with Crippen molar-refractivity contribution in [1.82, 2.24) is 20.4 Å². The molecule has 1 aliphatic heterocycles. The maximum absolute atomic E-state index is 12.9. The highest BCUT2D eigenvalue weighted by atomic mass is 32.2. The normalized spacial score (nSPS) is 21.6. The number of rotatable bonds is 6. The van der Waals surface area contributed by atoms with Gasteiger partial charge in [-0.15, -0.1) is 0 Å². The van der Waals surface area contributed by atoms with Crippen LogP contribution in [0.3, 0.4) is 0 Å². The third kappa shape index (κ3) is 3.30. The average molecular weight is 365 g/mol. The number of aryl methyl sites for hydroxylation is 1. The van der Waals surface area contributed by atoms with Crippen LogP contribution in [0.2, 0.25) is 0 Å². The van der Waals surface area contributed by atoms with Crippen LogP contribution in [0.1, 0.15) is 49.2 Å². The summed E-state index contributed by atoms with van der Waals surface area (Å²) in [5.41, 5.74) is 1.05. The van der Waals surface area contributed by atoms with Crippen molar-refractivity contribution < 1.29 is 9.59 Å². The molecule has 1 aromatic rings. The molecule has 6 nitrogen and oxygen atoms in total. The van der Waals surface area contributed by atoms with E-state index in [1.54, 1.807) is 18.0 Å². The number of H-pyrrole nitrogens is 1. The van der Waals surface area contributed by atoms with Gasteiger partial charge in [0.1, 0.15) is 5.69 Å². The minimum Gasteiger partial charge on any atom is -0.355 e. The number of aromatic amines is 1. The summed E-state index contributed by atoms with van der Waals surface area (Å²) >= 11 is 1.69. The van der Waals surface area contributed by atoms with E-state index in [-0.39, 0.29) is 22.8 Å². The van der Waals surface area contributed by atoms with E-state index >= 15 is 0 Å². The Hall–Kier alpha value is -1.50. The van der Waals surface area contributed by atoms with Crippen LogP contribution in [-0.4, -0.2) is 57.5 Å². The van der Waals surface area contributed by atoms with Crippen molar-refractivity contribution in [3.8, 4) is 0 Å². The molecule has 2 N–H and O–H groups in total. The maximum atomic E-state index is 12.9. The summed E-state index contributed by atoms with van der Waals surface area (Å²) in [6.45, 7) is 7.28. The number of hydrogen-bond donors (Lipinski definition) is 2. The van der Waals surface area contributed by atoms with Crippen molar-refractivity contribution in [2.24, 2.45) is 11.3 Å². The Bertz CT molecular complexity index is 666. The number of nitrogens with one attached hydrogen (secondary N) is 2. The number of carbonyl (C=O) groups is 2. The van der Waals surface area contributed by atoms with Gasteiger partial charge >= 0.3 is 0 Å². The monoisotopic (exact) mass is 364 g/mol. The quantitative estimate of drug-likeness (QED) is 0.811. The summed E-state index contributed by atoms with van der Waals surface area (Å²) < 4.78 is 0. The molecule has 2 heterocycles. The van der Waals surface area contributed by atoms with Crippen molar-refractivity contribution in [3.63, 3.8) is 0 Å². The zero-order chi connectivity index (χ0) is 18.2. The first-order valence-electron chi connectivity index (χ1n) is 8.91. The smallest absolute Gasteiger partial charge is 0.272 e. The highest BCUT2D eigenvalue weighted by Crippen LogP contribution is 2.53. The van der Waals surface area contributed by atoms with Crippen LogP contribution in [0, 0.1) is 18.3 Å². The number of likely N-dealkylation sites (tertiary alicyclic amines) is 1. The Balaban J connectivity index is 1.63. The van der Waals surface area contributed by atoms with Crippen molar-refractivity contribution >= 4 is 23.6 Å². The van der Waals surface area contributed by atoms with E-state index in [0.29, 0.717) is 18.2 Å². The zero-order valence-corrected chi connectivity index (χ0v) is 16.3. The molecular weight excluding hydrogens is 336 g/mol. The fraction of sp³-hybridized carbons (Fsp3) is 0.722. The average Bonchev–Trinajstić information content (AvgIpc) is 3.09. The highest BCUT2D eigenvalue weighted by molar-refractivity contribution is 7.98. The van der Waals surface area contributed by atoms with Gasteiger partial charge in [0.25, 0.3) is 5.91 Å². The van der Waals surface area contributed by atoms with Crippen LogP contribution in [0.4, 0.5) is 0 Å². The molecule has 1 saturated heterocycles. The Morgan fingerprint density at radius 3 is 2.76 bits per heavy atom. The summed E-state index contributed by atoms with van der Waals surface area (Å²) in [6.07, 6.45) is 6.71. The van der Waals surface area contributed by atoms with Gasteiger partial charge in [-0.25, -0.2) is 0 Å². The van der Waals surface area contributed by atoms with Crippen LogP contribution in [0.15, 0.2) is 6.20 Å². The largest absolute Gasteiger partial charge is 0.355 e. The van der Waals surface area contributed by atoms with Crippen LogP contribution in [0.25, 0.3) is 0 Å². The molecule has 7 heteroatoms. The lowest BCUT2D eigenvalue weighted by Crippen LogP contribution is -2.45. The molecular formula is C18H28N4O2S. The van der Waals surface area contributed by atoms with Gasteiger partial charge in [-0.05, 0) is 38.0 Å². The van der Waals surface area contributed by atoms with Crippen LogP contribution >= 0.6 is 11.8 Å². The Morgan fingerprint density at radius 1 is 1.48 bits per heavy atom. The van der Waals surface area contributed by atoms with E-state index in [4.69, 9.17) is 0 Å². The van der Waals surface area contributed by atoms with Gasteiger partial charge in [0, 0.05) is 30.3 Å². The van der Waals surface area contributed by atoms with Crippen molar-refractivity contribution in [1.29, 1.82) is 0 Å². The lowest BCUT2D eigenvalue weighted by Gasteiger charge is -2.29. The minimum absolute atomic E-state index is 0.0454. The van der Waals surface area contributed by atoms with E-state index in [0.717, 1.165) is 37.1 Å². The standard InChI is InChI=1S/C18H28N4O2S/c1-12-9-20-21-14(12)15(23)22-8-5-13(18(22)6-7-18)10-19-16(24)17(2,3)11-25-4/h9,13H,5-8,10-11H2,1-4H3,(H,19,24)(H,20,21). The predicted octanol–water partition coefficient (Wildman–Crippen LogP) is 2.22. The molecule has 1 saturated carbocycles. The first-order chi connectivity index (χ1) is 11.8. The third-order valence-corrected chi connectivity index (χ3v) is 6.69. The molecule has 0 aromatic carbocycles. The van der Waals surface area contributed by atoms with Gasteiger partial charge in [0.05, 0.1) is 11.6 Å². The fourth-order valence-corrected chi connectivity index (χ4v) is 4.83. The molecule has 0 bridgehead atoms. The molecule has 1 spiro atoms. The number of nitrogens with zero attached hydrogens (tertiary/aromatic N) is 2. The molecule has 3 rings (SSSR count). The van der Waals surface area contributed by atoms with Gasteiger partial charge in [0.2, 0.25) is 5.91 Å². The van der Waals surface area contributed by atoms with Crippen LogP contribution in [-0.2, 0) is 4.79 Å². The zero-order valence-electron chi connectivity index (χ0n) is 15.5. The van der Waals surface area contributed by atoms with Crippen molar-refractivity contribution in [2.45, 2.75) is 45.6 Å². The lowest BCUT2D eigenvalue weighted by molar-refractivity contribution is -0.128. The van der Waals surface area contributed by atoms with Crippen molar-refractivity contribution in [2.75, 3.05) is 25.1 Å². The van der Waals surface area contributed by atoms with E-state index in [1.807, 2.05) is 31.9 Å². The molecule has 1 unspecified atom stereocenters. The molecule has 138 valence electrons. The summed E-state index contributed by atoms with van der Waals surface area (Å²) in [5.74, 6) is 1.29. The molecule has 2 amide bonds. The summed E-state index contributed by atoms with van der Waals surface area (Å²) in [5, 5.41) is 9.95. The molecule has 2 fully saturated rings. The SMILES string of the molecule is CSCC(C)(C)C(=O)NCC1CCN(C(=O)c2[nH]ncc2C)C12CC2. The van der Waals surface area contributed by atoms with Crippen molar-refractivity contribution in [3.05, 3.63) is 17.5 Å². The van der Waals surface area contributed by atoms with Gasteiger partial charge in [-0.1, -0.05) is 13.8 Å². The second-order valence-electron chi connectivity index (χ2n) is 8.00.